The van der Waals surface area contributed by atoms with Crippen LogP contribution >= 0.6 is 0 Å². The van der Waals surface area contributed by atoms with Gasteiger partial charge < -0.3 is 5.32 Å². The van der Waals surface area contributed by atoms with Gasteiger partial charge in [-0.1, -0.05) is 12.1 Å². The minimum Gasteiger partial charge on any atom is -0.321 e. The monoisotopic (exact) mass is 387 g/mol. The van der Waals surface area contributed by atoms with Crippen molar-refractivity contribution >= 4 is 43.8 Å². The molecule has 0 saturated carbocycles. The number of nitrogens with one attached hydrogen (secondary N) is 2. The van der Waals surface area contributed by atoms with Crippen molar-refractivity contribution in [1.82, 2.24) is 0 Å². The SMILES string of the molecule is O=C1Nc2ccc(S(=O)(=O)Nc3ccc(F)c([N+](=O)[O-])c3)c3cccc1c23. The second-order valence-electron chi connectivity index (χ2n) is 5.82. The first-order valence-corrected chi connectivity index (χ1v) is 9.10. The van der Waals surface area contributed by atoms with E-state index in [1.54, 1.807) is 18.2 Å². The van der Waals surface area contributed by atoms with E-state index in [1.165, 1.54) is 12.1 Å². The average molecular weight is 387 g/mol. The summed E-state index contributed by atoms with van der Waals surface area (Å²) in [4.78, 5) is 21.8. The van der Waals surface area contributed by atoms with Crippen LogP contribution in [0.1, 0.15) is 10.4 Å². The van der Waals surface area contributed by atoms with Crippen molar-refractivity contribution in [1.29, 1.82) is 0 Å². The van der Waals surface area contributed by atoms with Gasteiger partial charge in [0.2, 0.25) is 5.82 Å². The Labute approximate surface area is 151 Å². The maximum Gasteiger partial charge on any atom is 0.306 e. The van der Waals surface area contributed by atoms with E-state index in [9.17, 15) is 27.7 Å². The summed E-state index contributed by atoms with van der Waals surface area (Å²) in [6.07, 6.45) is 0. The molecule has 0 saturated heterocycles. The third-order valence-electron chi connectivity index (χ3n) is 4.18. The highest BCUT2D eigenvalue weighted by molar-refractivity contribution is 7.93. The Balaban J connectivity index is 1.83. The molecule has 3 aromatic rings. The van der Waals surface area contributed by atoms with Gasteiger partial charge in [0.15, 0.2) is 0 Å². The summed E-state index contributed by atoms with van der Waals surface area (Å²) < 4.78 is 41.3. The Hall–Kier alpha value is -3.53. The molecule has 0 bridgehead atoms. The van der Waals surface area contributed by atoms with Crippen molar-refractivity contribution in [2.24, 2.45) is 0 Å². The zero-order chi connectivity index (χ0) is 19.3. The Bertz CT molecular complexity index is 1260. The predicted octanol–water partition coefficient (Wildman–Crippen LogP) is 3.25. The van der Waals surface area contributed by atoms with E-state index < -0.39 is 26.5 Å². The molecule has 0 radical (unpaired) electrons. The van der Waals surface area contributed by atoms with Crippen LogP contribution in [0.25, 0.3) is 10.8 Å². The molecule has 0 aliphatic carbocycles. The predicted molar refractivity (Wildman–Crippen MR) is 95.8 cm³/mol. The molecular formula is C17H10FN3O5S. The molecule has 27 heavy (non-hydrogen) atoms. The number of benzene rings is 3. The number of nitro benzene ring substituents is 1. The second kappa shape index (κ2) is 5.74. The van der Waals surface area contributed by atoms with Crippen LogP contribution in [0.3, 0.4) is 0 Å². The van der Waals surface area contributed by atoms with Gasteiger partial charge in [-0.2, -0.15) is 4.39 Å². The number of nitrogens with zero attached hydrogens (tertiary/aromatic N) is 1. The van der Waals surface area contributed by atoms with E-state index in [0.717, 1.165) is 18.2 Å². The summed E-state index contributed by atoms with van der Waals surface area (Å²) >= 11 is 0. The number of anilines is 2. The Morgan fingerprint density at radius 2 is 1.89 bits per heavy atom. The fourth-order valence-corrected chi connectivity index (χ4v) is 4.28. The van der Waals surface area contributed by atoms with Crippen LogP contribution in [0.4, 0.5) is 21.5 Å². The highest BCUT2D eigenvalue weighted by Gasteiger charge is 2.26. The molecule has 8 nitrogen and oxygen atoms in total. The van der Waals surface area contributed by atoms with E-state index in [2.05, 4.69) is 10.0 Å². The number of carbonyl (C=O) groups is 1. The van der Waals surface area contributed by atoms with Crippen LogP contribution in [-0.4, -0.2) is 19.2 Å². The summed E-state index contributed by atoms with van der Waals surface area (Å²) in [6, 6.07) is 10.2. The third kappa shape index (κ3) is 2.66. The summed E-state index contributed by atoms with van der Waals surface area (Å²) in [5, 5.41) is 14.3. The van der Waals surface area contributed by atoms with E-state index in [4.69, 9.17) is 0 Å². The zero-order valence-corrected chi connectivity index (χ0v) is 14.2. The van der Waals surface area contributed by atoms with Crippen molar-refractivity contribution in [3.63, 3.8) is 0 Å². The first-order chi connectivity index (χ1) is 12.8. The molecule has 136 valence electrons. The molecule has 0 atom stereocenters. The van der Waals surface area contributed by atoms with Crippen LogP contribution in [0.2, 0.25) is 0 Å². The number of carbonyl (C=O) groups excluding carboxylic acids is 1. The highest BCUT2D eigenvalue weighted by atomic mass is 32.2. The number of rotatable bonds is 4. The van der Waals surface area contributed by atoms with Crippen LogP contribution < -0.4 is 10.0 Å². The first kappa shape index (κ1) is 16.9. The molecule has 0 unspecified atom stereocenters. The number of halogens is 1. The quantitative estimate of drug-likeness (QED) is 0.526. The van der Waals surface area contributed by atoms with Gasteiger partial charge in [0.05, 0.1) is 15.5 Å². The molecule has 3 aromatic carbocycles. The van der Waals surface area contributed by atoms with Gasteiger partial charge in [-0.05, 0) is 30.3 Å². The van der Waals surface area contributed by atoms with Crippen molar-refractivity contribution in [3.8, 4) is 0 Å². The Morgan fingerprint density at radius 1 is 1.11 bits per heavy atom. The van der Waals surface area contributed by atoms with Crippen molar-refractivity contribution in [2.75, 3.05) is 10.0 Å². The lowest BCUT2D eigenvalue weighted by Gasteiger charge is -2.11. The largest absolute Gasteiger partial charge is 0.321 e. The lowest BCUT2D eigenvalue weighted by Crippen LogP contribution is -2.13. The molecule has 1 amide bonds. The van der Waals surface area contributed by atoms with Gasteiger partial charge in [0.1, 0.15) is 0 Å². The molecule has 1 heterocycles. The van der Waals surface area contributed by atoms with Crippen LogP contribution in [0, 0.1) is 15.9 Å². The van der Waals surface area contributed by atoms with Crippen molar-refractivity contribution < 1.29 is 22.5 Å². The standard InChI is InChI=1S/C17H10FN3O5S/c18-12-5-4-9(8-14(12)21(23)24)20-27(25,26)15-7-6-13-16-10(15)2-1-3-11(16)17(22)19-13/h1-8,20H,(H,19,22). The van der Waals surface area contributed by atoms with E-state index in [0.29, 0.717) is 22.0 Å². The molecule has 2 N–H and O–H groups in total. The molecule has 0 fully saturated rings. The second-order valence-corrected chi connectivity index (χ2v) is 7.47. The van der Waals surface area contributed by atoms with Crippen LogP contribution in [0.15, 0.2) is 53.4 Å². The molecule has 1 aliphatic rings. The lowest BCUT2D eigenvalue weighted by molar-refractivity contribution is -0.387. The lowest BCUT2D eigenvalue weighted by atomic mass is 10.1. The number of hydrogen-bond donors (Lipinski definition) is 2. The summed E-state index contributed by atoms with van der Waals surface area (Å²) in [7, 11) is -4.15. The Morgan fingerprint density at radius 3 is 2.63 bits per heavy atom. The smallest absolute Gasteiger partial charge is 0.306 e. The maximum atomic E-state index is 13.5. The van der Waals surface area contributed by atoms with Gasteiger partial charge in [-0.15, -0.1) is 0 Å². The summed E-state index contributed by atoms with van der Waals surface area (Å²) in [5.74, 6) is -1.40. The average Bonchev–Trinajstić information content (AvgIpc) is 2.94. The first-order valence-electron chi connectivity index (χ1n) is 7.62. The minimum absolute atomic E-state index is 0.105. The molecule has 0 spiro atoms. The third-order valence-corrected chi connectivity index (χ3v) is 5.62. The number of sulfonamides is 1. The van der Waals surface area contributed by atoms with Crippen molar-refractivity contribution in [3.05, 3.63) is 70.0 Å². The van der Waals surface area contributed by atoms with Crippen molar-refractivity contribution in [2.45, 2.75) is 4.90 Å². The zero-order valence-electron chi connectivity index (χ0n) is 13.4. The molecule has 1 aliphatic heterocycles. The highest BCUT2D eigenvalue weighted by Crippen LogP contribution is 2.37. The van der Waals surface area contributed by atoms with Gasteiger partial charge in [0.25, 0.3) is 15.9 Å². The number of hydrogen-bond acceptors (Lipinski definition) is 5. The Kier molecular flexibility index (Phi) is 3.60. The topological polar surface area (TPSA) is 118 Å². The fraction of sp³-hybridized carbons (Fsp3) is 0. The number of nitro groups is 1. The van der Waals surface area contributed by atoms with Gasteiger partial charge in [-0.3, -0.25) is 19.6 Å². The van der Waals surface area contributed by atoms with E-state index >= 15 is 0 Å². The van der Waals surface area contributed by atoms with E-state index in [1.807, 2.05) is 0 Å². The summed E-state index contributed by atoms with van der Waals surface area (Å²) in [6.45, 7) is 0. The minimum atomic E-state index is -4.15. The molecule has 4 rings (SSSR count). The van der Waals surface area contributed by atoms with Gasteiger partial charge in [-0.25, -0.2) is 8.42 Å². The molecular weight excluding hydrogens is 377 g/mol. The fourth-order valence-electron chi connectivity index (χ4n) is 3.02. The van der Waals surface area contributed by atoms with Gasteiger partial charge in [0, 0.05) is 28.1 Å². The normalized spacial score (nSPS) is 12.9. The van der Waals surface area contributed by atoms with Crippen LogP contribution in [-0.2, 0) is 10.0 Å². The molecule has 0 aromatic heterocycles. The van der Waals surface area contributed by atoms with Gasteiger partial charge >= 0.3 is 5.69 Å². The summed E-state index contributed by atoms with van der Waals surface area (Å²) in [5.41, 5.74) is -0.134. The maximum absolute atomic E-state index is 13.5. The van der Waals surface area contributed by atoms with E-state index in [-0.39, 0.29) is 16.5 Å². The molecule has 10 heteroatoms. The number of amides is 1. The van der Waals surface area contributed by atoms with Crippen LogP contribution in [0.5, 0.6) is 0 Å².